The van der Waals surface area contributed by atoms with Crippen molar-refractivity contribution in [3.8, 4) is 0 Å². The van der Waals surface area contributed by atoms with Gasteiger partial charge < -0.3 is 15.8 Å². The highest BCUT2D eigenvalue weighted by molar-refractivity contribution is 5.88. The number of nitrogens with two attached hydrogens (primary N) is 1. The van der Waals surface area contributed by atoms with Gasteiger partial charge in [-0.25, -0.2) is 9.18 Å². The fraction of sp³-hybridized carbons (Fsp3) is 0.750. The Morgan fingerprint density at radius 3 is 2.19 bits per heavy atom. The number of rotatable bonds is 8. The van der Waals surface area contributed by atoms with Gasteiger partial charge in [0, 0.05) is 6.42 Å². The van der Waals surface area contributed by atoms with E-state index in [1.165, 1.54) is 0 Å². The monoisotopic (exact) mass is 376 g/mol. The molecule has 0 saturated heterocycles. The SMILES string of the molecule is CC(C)CC(NC(=O)OC(C)(C)C)C(=O)NN(CCC(N)=O)C(=O)CF. The molecule has 0 aliphatic heterocycles. The summed E-state index contributed by atoms with van der Waals surface area (Å²) in [5.41, 5.74) is 6.48. The van der Waals surface area contributed by atoms with E-state index in [1.54, 1.807) is 20.8 Å². The van der Waals surface area contributed by atoms with Crippen molar-refractivity contribution in [1.82, 2.24) is 15.8 Å². The summed E-state index contributed by atoms with van der Waals surface area (Å²) in [6.45, 7) is 7.09. The number of alkyl halides is 1. The molecule has 1 atom stereocenters. The van der Waals surface area contributed by atoms with E-state index in [2.05, 4.69) is 10.7 Å². The van der Waals surface area contributed by atoms with E-state index in [9.17, 15) is 23.6 Å². The molecular formula is C16H29FN4O5. The molecule has 0 bridgehead atoms. The lowest BCUT2D eigenvalue weighted by molar-refractivity contribution is -0.143. The van der Waals surface area contributed by atoms with Crippen LogP contribution in [0.15, 0.2) is 0 Å². The number of hydrogen-bond donors (Lipinski definition) is 3. The van der Waals surface area contributed by atoms with E-state index >= 15 is 0 Å². The van der Waals surface area contributed by atoms with Crippen LogP contribution in [-0.2, 0) is 19.1 Å². The molecule has 150 valence electrons. The van der Waals surface area contributed by atoms with Crippen molar-refractivity contribution in [3.63, 3.8) is 0 Å². The topological polar surface area (TPSA) is 131 Å². The van der Waals surface area contributed by atoms with Gasteiger partial charge >= 0.3 is 6.09 Å². The standard InChI is InChI=1S/C16H29FN4O5/c1-10(2)8-11(19-15(25)26-16(3,4)5)14(24)20-21(13(23)9-17)7-6-12(18)22/h10-11H,6-9H2,1-5H3,(H2,18,22)(H,19,25)(H,20,24). The third-order valence-corrected chi connectivity index (χ3v) is 2.96. The minimum absolute atomic E-state index is 0.0385. The molecule has 26 heavy (non-hydrogen) atoms. The minimum Gasteiger partial charge on any atom is -0.444 e. The summed E-state index contributed by atoms with van der Waals surface area (Å²) in [5.74, 6) is -2.42. The molecule has 0 aliphatic rings. The maximum absolute atomic E-state index is 12.7. The first-order valence-electron chi connectivity index (χ1n) is 8.30. The summed E-state index contributed by atoms with van der Waals surface area (Å²) in [5, 5.41) is 3.11. The van der Waals surface area contributed by atoms with Gasteiger partial charge in [0.05, 0.1) is 6.54 Å². The van der Waals surface area contributed by atoms with Crippen molar-refractivity contribution in [2.75, 3.05) is 13.2 Å². The first kappa shape index (κ1) is 23.6. The molecule has 0 rings (SSSR count). The van der Waals surface area contributed by atoms with E-state index in [0.29, 0.717) is 5.01 Å². The Hall–Kier alpha value is -2.39. The van der Waals surface area contributed by atoms with E-state index in [-0.39, 0.29) is 25.3 Å². The Kier molecular flexibility index (Phi) is 9.60. The summed E-state index contributed by atoms with van der Waals surface area (Å²) in [6.07, 6.45) is -0.780. The molecule has 1 unspecified atom stereocenters. The number of amides is 4. The summed E-state index contributed by atoms with van der Waals surface area (Å²) < 4.78 is 17.8. The second-order valence-corrected chi connectivity index (χ2v) is 7.20. The number of hydrogen-bond acceptors (Lipinski definition) is 5. The fourth-order valence-electron chi connectivity index (χ4n) is 1.90. The van der Waals surface area contributed by atoms with Gasteiger partial charge in [-0.1, -0.05) is 13.8 Å². The Morgan fingerprint density at radius 1 is 1.19 bits per heavy atom. The molecule has 4 amide bonds. The Labute approximate surface area is 152 Å². The molecule has 9 nitrogen and oxygen atoms in total. The van der Waals surface area contributed by atoms with Crippen LogP contribution in [0.2, 0.25) is 0 Å². The zero-order chi connectivity index (χ0) is 20.5. The first-order chi connectivity index (χ1) is 11.9. The van der Waals surface area contributed by atoms with Crippen molar-refractivity contribution in [2.24, 2.45) is 11.7 Å². The van der Waals surface area contributed by atoms with Gasteiger partial charge in [0.1, 0.15) is 11.6 Å². The Bertz CT molecular complexity index is 519. The van der Waals surface area contributed by atoms with E-state index < -0.39 is 42.1 Å². The number of carbonyl (C=O) groups is 4. The lowest BCUT2D eigenvalue weighted by Gasteiger charge is -2.27. The molecule has 0 spiro atoms. The largest absolute Gasteiger partial charge is 0.444 e. The van der Waals surface area contributed by atoms with Gasteiger partial charge in [-0.3, -0.25) is 24.8 Å². The fourth-order valence-corrected chi connectivity index (χ4v) is 1.90. The molecule has 0 radical (unpaired) electrons. The third kappa shape index (κ3) is 10.5. The number of halogens is 1. The van der Waals surface area contributed by atoms with E-state index in [4.69, 9.17) is 10.5 Å². The van der Waals surface area contributed by atoms with Crippen LogP contribution in [0.3, 0.4) is 0 Å². The quantitative estimate of drug-likeness (QED) is 0.535. The molecule has 0 heterocycles. The van der Waals surface area contributed by atoms with Gasteiger partial charge in [-0.15, -0.1) is 0 Å². The first-order valence-corrected chi connectivity index (χ1v) is 8.30. The van der Waals surface area contributed by atoms with Crippen LogP contribution < -0.4 is 16.5 Å². The van der Waals surface area contributed by atoms with Gasteiger partial charge in [0.15, 0.2) is 6.67 Å². The van der Waals surface area contributed by atoms with Crippen molar-refractivity contribution < 1.29 is 28.3 Å². The van der Waals surface area contributed by atoms with Gasteiger partial charge in [0.2, 0.25) is 5.91 Å². The average molecular weight is 376 g/mol. The number of nitrogens with zero attached hydrogens (tertiary/aromatic N) is 1. The third-order valence-electron chi connectivity index (χ3n) is 2.96. The second-order valence-electron chi connectivity index (χ2n) is 7.20. The maximum atomic E-state index is 12.7. The second kappa shape index (κ2) is 10.6. The van der Waals surface area contributed by atoms with Crippen LogP contribution in [0.4, 0.5) is 9.18 Å². The van der Waals surface area contributed by atoms with Crippen molar-refractivity contribution >= 4 is 23.8 Å². The molecule has 0 aromatic carbocycles. The van der Waals surface area contributed by atoms with Gasteiger partial charge in [-0.05, 0) is 33.1 Å². The normalized spacial score (nSPS) is 12.3. The predicted molar refractivity (Wildman–Crippen MR) is 92.3 cm³/mol. The summed E-state index contributed by atoms with van der Waals surface area (Å²) >= 11 is 0. The molecular weight excluding hydrogens is 347 g/mol. The molecule has 0 aliphatic carbocycles. The zero-order valence-electron chi connectivity index (χ0n) is 15.9. The highest BCUT2D eigenvalue weighted by Gasteiger charge is 2.27. The molecule has 0 aromatic heterocycles. The Morgan fingerprint density at radius 2 is 1.77 bits per heavy atom. The smallest absolute Gasteiger partial charge is 0.408 e. The predicted octanol–water partition coefficient (Wildman–Crippen LogP) is 0.631. The number of carbonyl (C=O) groups excluding carboxylic acids is 4. The number of primary amides is 1. The van der Waals surface area contributed by atoms with Crippen molar-refractivity contribution in [3.05, 3.63) is 0 Å². The van der Waals surface area contributed by atoms with Crippen LogP contribution in [0.5, 0.6) is 0 Å². The minimum atomic E-state index is -1.35. The summed E-state index contributed by atoms with van der Waals surface area (Å²) in [4.78, 5) is 46.8. The molecule has 0 fully saturated rings. The maximum Gasteiger partial charge on any atom is 0.408 e. The summed E-state index contributed by atoms with van der Waals surface area (Å²) in [7, 11) is 0. The van der Waals surface area contributed by atoms with Crippen LogP contribution >= 0.6 is 0 Å². The van der Waals surface area contributed by atoms with Crippen molar-refractivity contribution in [2.45, 2.75) is 59.1 Å². The molecule has 10 heteroatoms. The lowest BCUT2D eigenvalue weighted by atomic mass is 10.0. The Balaban J connectivity index is 5.09. The lowest BCUT2D eigenvalue weighted by Crippen LogP contribution is -2.55. The molecule has 0 aromatic rings. The summed E-state index contributed by atoms with van der Waals surface area (Å²) in [6, 6.07) is -1.01. The average Bonchev–Trinajstić information content (AvgIpc) is 2.47. The number of ether oxygens (including phenoxy) is 1. The number of alkyl carbamates (subject to hydrolysis) is 1. The van der Waals surface area contributed by atoms with Crippen LogP contribution in [0, 0.1) is 5.92 Å². The van der Waals surface area contributed by atoms with Crippen LogP contribution in [0.1, 0.15) is 47.5 Å². The van der Waals surface area contributed by atoms with Crippen molar-refractivity contribution in [1.29, 1.82) is 0 Å². The number of hydrazine groups is 1. The van der Waals surface area contributed by atoms with Gasteiger partial charge in [-0.2, -0.15) is 0 Å². The van der Waals surface area contributed by atoms with Gasteiger partial charge in [0.25, 0.3) is 11.8 Å². The van der Waals surface area contributed by atoms with Crippen LogP contribution in [0.25, 0.3) is 0 Å². The molecule has 4 N–H and O–H groups in total. The van der Waals surface area contributed by atoms with E-state index in [1.807, 2.05) is 13.8 Å². The highest BCUT2D eigenvalue weighted by Crippen LogP contribution is 2.10. The zero-order valence-corrected chi connectivity index (χ0v) is 15.9. The highest BCUT2D eigenvalue weighted by atomic mass is 19.1. The van der Waals surface area contributed by atoms with Crippen LogP contribution in [-0.4, -0.2) is 53.7 Å². The van der Waals surface area contributed by atoms with E-state index in [0.717, 1.165) is 0 Å². The number of nitrogens with one attached hydrogen (secondary N) is 2. The molecule has 0 saturated carbocycles.